The van der Waals surface area contributed by atoms with Crippen LogP contribution in [0.1, 0.15) is 24.9 Å². The van der Waals surface area contributed by atoms with E-state index in [0.29, 0.717) is 12.1 Å². The molecule has 0 bridgehead atoms. The molecule has 0 radical (unpaired) electrons. The van der Waals surface area contributed by atoms with Gasteiger partial charge in [-0.05, 0) is 12.1 Å². The molecule has 18 heavy (non-hydrogen) atoms. The van der Waals surface area contributed by atoms with Gasteiger partial charge in [0, 0.05) is 13.0 Å². The van der Waals surface area contributed by atoms with Crippen LogP contribution < -0.4 is 10.6 Å². The predicted octanol–water partition coefficient (Wildman–Crippen LogP) is 0.928. The molecule has 0 spiro atoms. The van der Waals surface area contributed by atoms with Crippen molar-refractivity contribution in [3.63, 3.8) is 0 Å². The maximum Gasteiger partial charge on any atom is 0.330 e. The average molecular weight is 250 g/mol. The maximum absolute atomic E-state index is 11.6. The van der Waals surface area contributed by atoms with Gasteiger partial charge in [0.1, 0.15) is 0 Å². The zero-order valence-corrected chi connectivity index (χ0v) is 10.3. The standard InChI is InChI=1S/C13H18N2O3/c1-2-14-9-8-11(16)15-12(13(17)18)10-6-4-3-5-7-10/h3-7,12,14H,2,8-9H2,1H3,(H,15,16)(H,17,18). The van der Waals surface area contributed by atoms with E-state index in [0.717, 1.165) is 6.54 Å². The Hall–Kier alpha value is -1.88. The number of carboxylic acids is 1. The highest BCUT2D eigenvalue weighted by atomic mass is 16.4. The van der Waals surface area contributed by atoms with Crippen molar-refractivity contribution >= 4 is 11.9 Å². The number of nitrogens with one attached hydrogen (secondary N) is 2. The molecule has 3 N–H and O–H groups in total. The molecular weight excluding hydrogens is 232 g/mol. The number of aliphatic carboxylic acids is 1. The van der Waals surface area contributed by atoms with Gasteiger partial charge in [0.25, 0.3) is 0 Å². The van der Waals surface area contributed by atoms with Gasteiger partial charge in [-0.1, -0.05) is 37.3 Å². The predicted molar refractivity (Wildman–Crippen MR) is 68.1 cm³/mol. The van der Waals surface area contributed by atoms with Gasteiger partial charge in [-0.15, -0.1) is 0 Å². The van der Waals surface area contributed by atoms with Gasteiger partial charge in [0.2, 0.25) is 5.91 Å². The number of hydrogen-bond acceptors (Lipinski definition) is 3. The molecule has 5 heteroatoms. The minimum absolute atomic E-state index is 0.268. The zero-order valence-electron chi connectivity index (χ0n) is 10.3. The van der Waals surface area contributed by atoms with E-state index in [9.17, 15) is 9.59 Å². The molecule has 0 aliphatic carbocycles. The van der Waals surface area contributed by atoms with Crippen LogP contribution in [0.4, 0.5) is 0 Å². The summed E-state index contributed by atoms with van der Waals surface area (Å²) >= 11 is 0. The fraction of sp³-hybridized carbons (Fsp3) is 0.385. The Kier molecular flexibility index (Phi) is 5.87. The quantitative estimate of drug-likeness (QED) is 0.629. The van der Waals surface area contributed by atoms with Gasteiger partial charge in [0.15, 0.2) is 6.04 Å². The van der Waals surface area contributed by atoms with E-state index in [1.807, 2.05) is 6.92 Å². The Morgan fingerprint density at radius 1 is 1.28 bits per heavy atom. The monoisotopic (exact) mass is 250 g/mol. The topological polar surface area (TPSA) is 78.4 Å². The summed E-state index contributed by atoms with van der Waals surface area (Å²) in [5, 5.41) is 14.6. The zero-order chi connectivity index (χ0) is 13.4. The van der Waals surface area contributed by atoms with Crippen LogP contribution in [0.15, 0.2) is 30.3 Å². The number of carbonyl (C=O) groups excluding carboxylic acids is 1. The van der Waals surface area contributed by atoms with Crippen molar-refractivity contribution in [3.05, 3.63) is 35.9 Å². The molecule has 0 aliphatic rings. The van der Waals surface area contributed by atoms with Crippen molar-refractivity contribution in [3.8, 4) is 0 Å². The Balaban J connectivity index is 2.59. The first-order valence-electron chi connectivity index (χ1n) is 5.93. The van der Waals surface area contributed by atoms with Crippen molar-refractivity contribution in [1.29, 1.82) is 0 Å². The summed E-state index contributed by atoms with van der Waals surface area (Å²) in [5.41, 5.74) is 0.571. The van der Waals surface area contributed by atoms with Gasteiger partial charge >= 0.3 is 5.97 Å². The first-order valence-corrected chi connectivity index (χ1v) is 5.93. The summed E-state index contributed by atoms with van der Waals surface area (Å²) in [7, 11) is 0. The molecule has 1 atom stereocenters. The Bertz CT molecular complexity index is 392. The second kappa shape index (κ2) is 7.45. The summed E-state index contributed by atoms with van der Waals surface area (Å²) in [6.45, 7) is 3.28. The third-order valence-corrected chi connectivity index (χ3v) is 2.46. The van der Waals surface area contributed by atoms with Crippen LogP contribution in [0.25, 0.3) is 0 Å². The third kappa shape index (κ3) is 4.55. The van der Waals surface area contributed by atoms with E-state index in [1.165, 1.54) is 0 Å². The molecule has 0 fully saturated rings. The van der Waals surface area contributed by atoms with E-state index in [2.05, 4.69) is 10.6 Å². The Morgan fingerprint density at radius 2 is 1.94 bits per heavy atom. The Labute approximate surface area is 106 Å². The smallest absolute Gasteiger partial charge is 0.330 e. The second-order valence-corrected chi connectivity index (χ2v) is 3.85. The molecule has 1 rings (SSSR count). The number of benzene rings is 1. The van der Waals surface area contributed by atoms with Crippen LogP contribution in [-0.2, 0) is 9.59 Å². The number of amides is 1. The Morgan fingerprint density at radius 3 is 2.50 bits per heavy atom. The van der Waals surface area contributed by atoms with E-state index in [4.69, 9.17) is 5.11 Å². The first kappa shape index (κ1) is 14.2. The lowest BCUT2D eigenvalue weighted by molar-refractivity contribution is -0.142. The largest absolute Gasteiger partial charge is 0.479 e. The lowest BCUT2D eigenvalue weighted by atomic mass is 10.1. The SMILES string of the molecule is CCNCCC(=O)NC(C(=O)O)c1ccccc1. The van der Waals surface area contributed by atoms with Crippen LogP contribution in [-0.4, -0.2) is 30.1 Å². The van der Waals surface area contributed by atoms with Gasteiger partial charge in [-0.3, -0.25) is 4.79 Å². The summed E-state index contributed by atoms with van der Waals surface area (Å²) in [6, 6.07) is 7.68. The van der Waals surface area contributed by atoms with Crippen molar-refractivity contribution < 1.29 is 14.7 Å². The molecule has 98 valence electrons. The number of hydrogen-bond donors (Lipinski definition) is 3. The molecule has 0 aliphatic heterocycles. The van der Waals surface area contributed by atoms with E-state index >= 15 is 0 Å². The van der Waals surface area contributed by atoms with Crippen LogP contribution in [0.2, 0.25) is 0 Å². The number of rotatable bonds is 7. The highest BCUT2D eigenvalue weighted by molar-refractivity contribution is 5.84. The molecule has 0 saturated carbocycles. The molecule has 5 nitrogen and oxygen atoms in total. The molecule has 1 amide bonds. The molecule has 1 aromatic carbocycles. The summed E-state index contributed by atoms with van der Waals surface area (Å²) < 4.78 is 0. The third-order valence-electron chi connectivity index (χ3n) is 2.46. The average Bonchev–Trinajstić information content (AvgIpc) is 2.37. The van der Waals surface area contributed by atoms with Crippen molar-refractivity contribution in [1.82, 2.24) is 10.6 Å². The van der Waals surface area contributed by atoms with Gasteiger partial charge < -0.3 is 15.7 Å². The molecule has 0 saturated heterocycles. The van der Waals surface area contributed by atoms with Crippen LogP contribution in [0.3, 0.4) is 0 Å². The molecular formula is C13H18N2O3. The summed E-state index contributed by atoms with van der Waals surface area (Å²) in [5.74, 6) is -1.33. The molecule has 0 aromatic heterocycles. The summed E-state index contributed by atoms with van der Waals surface area (Å²) in [6.07, 6.45) is 0.268. The van der Waals surface area contributed by atoms with Gasteiger partial charge in [-0.25, -0.2) is 4.79 Å². The molecule has 1 aromatic rings. The minimum atomic E-state index is -1.06. The van der Waals surface area contributed by atoms with Crippen LogP contribution in [0.5, 0.6) is 0 Å². The lowest BCUT2D eigenvalue weighted by Crippen LogP contribution is -2.35. The highest BCUT2D eigenvalue weighted by Crippen LogP contribution is 2.12. The normalized spacial score (nSPS) is 11.8. The van der Waals surface area contributed by atoms with E-state index in [1.54, 1.807) is 30.3 Å². The van der Waals surface area contributed by atoms with Gasteiger partial charge in [-0.2, -0.15) is 0 Å². The van der Waals surface area contributed by atoms with Crippen LogP contribution >= 0.6 is 0 Å². The number of carbonyl (C=O) groups is 2. The lowest BCUT2D eigenvalue weighted by Gasteiger charge is -2.14. The number of carboxylic acid groups (broad SMARTS) is 1. The van der Waals surface area contributed by atoms with E-state index in [-0.39, 0.29) is 12.3 Å². The van der Waals surface area contributed by atoms with Crippen LogP contribution in [0, 0.1) is 0 Å². The van der Waals surface area contributed by atoms with Gasteiger partial charge in [0.05, 0.1) is 0 Å². The highest BCUT2D eigenvalue weighted by Gasteiger charge is 2.21. The minimum Gasteiger partial charge on any atom is -0.479 e. The molecule has 0 heterocycles. The first-order chi connectivity index (χ1) is 8.65. The van der Waals surface area contributed by atoms with E-state index < -0.39 is 12.0 Å². The molecule has 1 unspecified atom stereocenters. The summed E-state index contributed by atoms with van der Waals surface area (Å²) in [4.78, 5) is 22.7. The fourth-order valence-corrected chi connectivity index (χ4v) is 1.54. The fourth-order valence-electron chi connectivity index (χ4n) is 1.54. The van der Waals surface area contributed by atoms with Crippen molar-refractivity contribution in [2.45, 2.75) is 19.4 Å². The maximum atomic E-state index is 11.6. The van der Waals surface area contributed by atoms with Crippen molar-refractivity contribution in [2.75, 3.05) is 13.1 Å². The van der Waals surface area contributed by atoms with Crippen molar-refractivity contribution in [2.24, 2.45) is 0 Å². The second-order valence-electron chi connectivity index (χ2n) is 3.85.